The van der Waals surface area contributed by atoms with E-state index in [1.165, 1.54) is 0 Å². The molecule has 3 aromatic rings. The molecular weight excluding hydrogens is 296 g/mol. The van der Waals surface area contributed by atoms with Crippen LogP contribution in [0.15, 0.2) is 58.5 Å². The molecule has 2 aromatic carbocycles. The molecule has 0 fully saturated rings. The minimum Gasteiger partial charge on any atom is -0.496 e. The number of H-pyrrole nitrogens is 1. The van der Waals surface area contributed by atoms with Gasteiger partial charge in [-0.3, -0.25) is 4.79 Å². The van der Waals surface area contributed by atoms with Crippen LogP contribution in [-0.2, 0) is 6.42 Å². The van der Waals surface area contributed by atoms with Crippen LogP contribution in [0.25, 0.3) is 10.9 Å². The van der Waals surface area contributed by atoms with Crippen molar-refractivity contribution in [3.63, 3.8) is 0 Å². The monoisotopic (exact) mass is 312 g/mol. The number of rotatable bonds is 5. The number of methoxy groups -OCH3 is 1. The van der Waals surface area contributed by atoms with E-state index >= 15 is 0 Å². The van der Waals surface area contributed by atoms with Crippen molar-refractivity contribution in [1.29, 1.82) is 0 Å². The molecule has 22 heavy (non-hydrogen) atoms. The van der Waals surface area contributed by atoms with Crippen LogP contribution in [0.1, 0.15) is 5.56 Å². The van der Waals surface area contributed by atoms with E-state index < -0.39 is 0 Å². The third-order valence-corrected chi connectivity index (χ3v) is 4.27. The van der Waals surface area contributed by atoms with E-state index in [1.54, 1.807) is 24.9 Å². The first-order valence-corrected chi connectivity index (χ1v) is 8.00. The van der Waals surface area contributed by atoms with Crippen molar-refractivity contribution in [1.82, 2.24) is 9.97 Å². The van der Waals surface area contributed by atoms with Gasteiger partial charge in [0.2, 0.25) is 0 Å². The topological polar surface area (TPSA) is 55.0 Å². The summed E-state index contributed by atoms with van der Waals surface area (Å²) in [6.07, 6.45) is 0.852. The van der Waals surface area contributed by atoms with Gasteiger partial charge in [-0.25, -0.2) is 4.98 Å². The fraction of sp³-hybridized carbons (Fsp3) is 0.176. The maximum absolute atomic E-state index is 12.0. The van der Waals surface area contributed by atoms with Crippen LogP contribution in [0.5, 0.6) is 5.75 Å². The number of hydrogen-bond acceptors (Lipinski definition) is 4. The highest BCUT2D eigenvalue weighted by Crippen LogP contribution is 2.21. The Morgan fingerprint density at radius 2 is 1.91 bits per heavy atom. The average Bonchev–Trinajstić information content (AvgIpc) is 2.55. The van der Waals surface area contributed by atoms with Crippen LogP contribution in [0, 0.1) is 0 Å². The molecule has 0 amide bonds. The number of thioether (sulfide) groups is 1. The van der Waals surface area contributed by atoms with Crippen molar-refractivity contribution >= 4 is 22.7 Å². The van der Waals surface area contributed by atoms with Crippen molar-refractivity contribution in [2.24, 2.45) is 0 Å². The van der Waals surface area contributed by atoms with E-state index in [0.29, 0.717) is 10.5 Å². The van der Waals surface area contributed by atoms with E-state index in [0.717, 1.165) is 29.0 Å². The number of fused-ring (bicyclic) bond motifs is 1. The molecule has 0 saturated heterocycles. The summed E-state index contributed by atoms with van der Waals surface area (Å²) in [6.45, 7) is 0. The first kappa shape index (κ1) is 14.7. The van der Waals surface area contributed by atoms with E-state index in [2.05, 4.69) is 16.0 Å². The Balaban J connectivity index is 1.73. The van der Waals surface area contributed by atoms with Gasteiger partial charge in [-0.05, 0) is 30.2 Å². The summed E-state index contributed by atoms with van der Waals surface area (Å²) in [5, 5.41) is 1.27. The van der Waals surface area contributed by atoms with Gasteiger partial charge < -0.3 is 9.72 Å². The van der Waals surface area contributed by atoms with E-state index in [-0.39, 0.29) is 5.56 Å². The molecular formula is C17H16N2O2S. The Kier molecular flexibility index (Phi) is 4.44. The maximum atomic E-state index is 12.0. The van der Waals surface area contributed by atoms with E-state index in [4.69, 9.17) is 4.74 Å². The number of hydrogen-bond donors (Lipinski definition) is 1. The molecule has 0 unspecified atom stereocenters. The largest absolute Gasteiger partial charge is 0.496 e. The first-order valence-electron chi connectivity index (χ1n) is 7.01. The van der Waals surface area contributed by atoms with Gasteiger partial charge in [0.1, 0.15) is 5.75 Å². The molecule has 0 spiro atoms. The highest BCUT2D eigenvalue weighted by atomic mass is 32.2. The molecule has 1 heterocycles. The summed E-state index contributed by atoms with van der Waals surface area (Å²) >= 11 is 1.54. The molecule has 0 aliphatic heterocycles. The quantitative estimate of drug-likeness (QED) is 0.580. The molecule has 4 nitrogen and oxygen atoms in total. The molecule has 0 radical (unpaired) electrons. The predicted molar refractivity (Wildman–Crippen MR) is 89.8 cm³/mol. The van der Waals surface area contributed by atoms with Crippen molar-refractivity contribution in [3.05, 3.63) is 64.4 Å². The molecule has 1 N–H and O–H groups in total. The van der Waals surface area contributed by atoms with Crippen molar-refractivity contribution in [3.8, 4) is 5.75 Å². The van der Waals surface area contributed by atoms with Crippen LogP contribution in [-0.4, -0.2) is 22.8 Å². The number of aromatic nitrogens is 2. The van der Waals surface area contributed by atoms with Gasteiger partial charge in [0.15, 0.2) is 5.16 Å². The van der Waals surface area contributed by atoms with E-state index in [9.17, 15) is 4.79 Å². The lowest BCUT2D eigenvalue weighted by atomic mass is 10.1. The SMILES string of the molecule is COc1ccccc1CCSc1nc2ccccc2c(=O)[nH]1. The average molecular weight is 312 g/mol. The molecule has 5 heteroatoms. The third kappa shape index (κ3) is 3.14. The smallest absolute Gasteiger partial charge is 0.259 e. The lowest BCUT2D eigenvalue weighted by molar-refractivity contribution is 0.410. The summed E-state index contributed by atoms with van der Waals surface area (Å²) in [5.74, 6) is 1.71. The zero-order chi connectivity index (χ0) is 15.4. The summed E-state index contributed by atoms with van der Waals surface area (Å²) in [6, 6.07) is 15.3. The maximum Gasteiger partial charge on any atom is 0.259 e. The van der Waals surface area contributed by atoms with Crippen molar-refractivity contribution < 1.29 is 4.74 Å². The number of aryl methyl sites for hydroxylation is 1. The summed E-state index contributed by atoms with van der Waals surface area (Å²) in [4.78, 5) is 19.3. The molecule has 0 saturated carbocycles. The normalized spacial score (nSPS) is 10.8. The molecule has 0 atom stereocenters. The van der Waals surface area contributed by atoms with Gasteiger partial charge in [0.25, 0.3) is 5.56 Å². The van der Waals surface area contributed by atoms with Crippen LogP contribution in [0.4, 0.5) is 0 Å². The lowest BCUT2D eigenvalue weighted by Gasteiger charge is -2.07. The molecule has 3 rings (SSSR count). The fourth-order valence-electron chi connectivity index (χ4n) is 2.30. The lowest BCUT2D eigenvalue weighted by Crippen LogP contribution is -2.09. The van der Waals surface area contributed by atoms with E-state index in [1.807, 2.05) is 36.4 Å². The van der Waals surface area contributed by atoms with Gasteiger partial charge in [-0.2, -0.15) is 0 Å². The number of nitrogens with one attached hydrogen (secondary N) is 1. The standard InChI is InChI=1S/C17H16N2O2S/c1-21-15-9-5-2-6-12(15)10-11-22-17-18-14-8-4-3-7-13(14)16(20)19-17/h2-9H,10-11H2,1H3,(H,18,19,20). The Bertz CT molecular complexity index is 845. The van der Waals surface area contributed by atoms with Crippen LogP contribution in [0.3, 0.4) is 0 Å². The zero-order valence-electron chi connectivity index (χ0n) is 12.2. The Morgan fingerprint density at radius 1 is 1.14 bits per heavy atom. The Morgan fingerprint density at radius 3 is 2.77 bits per heavy atom. The van der Waals surface area contributed by atoms with Crippen LogP contribution < -0.4 is 10.3 Å². The molecule has 112 valence electrons. The van der Waals surface area contributed by atoms with Gasteiger partial charge in [-0.1, -0.05) is 42.1 Å². The summed E-state index contributed by atoms with van der Waals surface area (Å²) < 4.78 is 5.34. The second-order valence-corrected chi connectivity index (χ2v) is 5.88. The number of ether oxygens (including phenoxy) is 1. The highest BCUT2D eigenvalue weighted by Gasteiger charge is 2.05. The van der Waals surface area contributed by atoms with Crippen LogP contribution in [0.2, 0.25) is 0 Å². The van der Waals surface area contributed by atoms with Gasteiger partial charge in [-0.15, -0.1) is 0 Å². The van der Waals surface area contributed by atoms with Gasteiger partial charge in [0, 0.05) is 5.75 Å². The minimum absolute atomic E-state index is 0.0922. The van der Waals surface area contributed by atoms with Crippen molar-refractivity contribution in [2.45, 2.75) is 11.6 Å². The predicted octanol–water partition coefficient (Wildman–Crippen LogP) is 3.27. The van der Waals surface area contributed by atoms with Crippen molar-refractivity contribution in [2.75, 3.05) is 12.9 Å². The second-order valence-electron chi connectivity index (χ2n) is 4.80. The summed E-state index contributed by atoms with van der Waals surface area (Å²) in [7, 11) is 1.67. The number of para-hydroxylation sites is 2. The molecule has 0 aliphatic rings. The first-order chi connectivity index (χ1) is 10.8. The number of nitrogens with zero attached hydrogens (tertiary/aromatic N) is 1. The number of benzene rings is 2. The Hall–Kier alpha value is -2.27. The highest BCUT2D eigenvalue weighted by molar-refractivity contribution is 7.99. The summed E-state index contributed by atoms with van der Waals surface area (Å²) in [5.41, 5.74) is 1.79. The van der Waals surface area contributed by atoms with Gasteiger partial charge >= 0.3 is 0 Å². The molecule has 0 bridgehead atoms. The zero-order valence-corrected chi connectivity index (χ0v) is 13.0. The molecule has 1 aromatic heterocycles. The Labute approximate surface area is 132 Å². The third-order valence-electron chi connectivity index (χ3n) is 3.39. The van der Waals surface area contributed by atoms with Gasteiger partial charge in [0.05, 0.1) is 18.0 Å². The minimum atomic E-state index is -0.0922. The number of aromatic amines is 1. The molecule has 0 aliphatic carbocycles. The fourth-order valence-corrected chi connectivity index (χ4v) is 3.14. The second kappa shape index (κ2) is 6.66. The van der Waals surface area contributed by atoms with Crippen LogP contribution >= 0.6 is 11.8 Å².